The first kappa shape index (κ1) is 16.9. The molecule has 140 valence electrons. The second-order valence-electron chi connectivity index (χ2n) is 7.54. The van der Waals surface area contributed by atoms with E-state index >= 15 is 0 Å². The molecule has 0 saturated carbocycles. The number of carbonyl (C=O) groups is 1. The van der Waals surface area contributed by atoms with E-state index in [0.29, 0.717) is 17.2 Å². The first-order chi connectivity index (χ1) is 13.7. The number of fused-ring (bicyclic) bond motifs is 4. The average Bonchev–Trinajstić information content (AvgIpc) is 3.23. The summed E-state index contributed by atoms with van der Waals surface area (Å²) in [6.07, 6.45) is 5.40. The van der Waals surface area contributed by atoms with E-state index < -0.39 is 0 Å². The van der Waals surface area contributed by atoms with Crippen molar-refractivity contribution in [1.29, 1.82) is 0 Å². The maximum Gasteiger partial charge on any atom is 0.253 e. The second-order valence-corrected chi connectivity index (χ2v) is 7.54. The zero-order chi connectivity index (χ0) is 19.3. The van der Waals surface area contributed by atoms with Crippen molar-refractivity contribution >= 4 is 22.4 Å². The van der Waals surface area contributed by atoms with Crippen molar-refractivity contribution in [3.8, 4) is 5.75 Å². The van der Waals surface area contributed by atoms with E-state index in [1.54, 1.807) is 13.1 Å². The first-order valence-corrected chi connectivity index (χ1v) is 9.68. The Kier molecular flexibility index (Phi) is 3.86. The quantitative estimate of drug-likeness (QED) is 0.572. The van der Waals surface area contributed by atoms with Gasteiger partial charge in [0.1, 0.15) is 5.75 Å². The van der Waals surface area contributed by atoms with Crippen LogP contribution >= 0.6 is 0 Å². The van der Waals surface area contributed by atoms with Crippen molar-refractivity contribution in [2.45, 2.75) is 18.4 Å². The minimum absolute atomic E-state index is 0.0793. The van der Waals surface area contributed by atoms with Gasteiger partial charge in [-0.3, -0.25) is 4.79 Å². The lowest BCUT2D eigenvalue weighted by atomic mass is 9.75. The third-order valence-electron chi connectivity index (χ3n) is 6.13. The molecule has 3 unspecified atom stereocenters. The predicted octanol–water partition coefficient (Wildman–Crippen LogP) is 4.73. The summed E-state index contributed by atoms with van der Waals surface area (Å²) in [4.78, 5) is 12.5. The van der Waals surface area contributed by atoms with Crippen molar-refractivity contribution in [2.75, 3.05) is 12.4 Å². The number of phenols is 1. The second kappa shape index (κ2) is 6.41. The lowest BCUT2D eigenvalue weighted by Crippen LogP contribution is -2.31. The van der Waals surface area contributed by atoms with Gasteiger partial charge in [0, 0.05) is 18.5 Å². The van der Waals surface area contributed by atoms with Crippen LogP contribution in [0.5, 0.6) is 5.75 Å². The average molecular weight is 370 g/mol. The Morgan fingerprint density at radius 1 is 1.11 bits per heavy atom. The zero-order valence-corrected chi connectivity index (χ0v) is 15.6. The normalized spacial score (nSPS) is 22.4. The van der Waals surface area contributed by atoms with E-state index in [1.807, 2.05) is 30.3 Å². The molecule has 1 aliphatic heterocycles. The molecule has 0 radical (unpaired) electrons. The van der Waals surface area contributed by atoms with Crippen LogP contribution in [0.4, 0.5) is 5.69 Å². The zero-order valence-electron chi connectivity index (χ0n) is 15.6. The summed E-state index contributed by atoms with van der Waals surface area (Å²) in [5, 5.41) is 19.3. The molecule has 0 saturated heterocycles. The van der Waals surface area contributed by atoms with Crippen LogP contribution in [0.2, 0.25) is 0 Å². The Labute approximate surface area is 163 Å². The van der Waals surface area contributed by atoms with E-state index in [0.717, 1.165) is 34.0 Å². The van der Waals surface area contributed by atoms with Gasteiger partial charge in [0.05, 0.1) is 17.3 Å². The molecule has 3 atom stereocenters. The fourth-order valence-corrected chi connectivity index (χ4v) is 4.84. The predicted molar refractivity (Wildman–Crippen MR) is 112 cm³/mol. The highest BCUT2D eigenvalue weighted by molar-refractivity contribution is 6.01. The van der Waals surface area contributed by atoms with Crippen LogP contribution in [0.1, 0.15) is 39.9 Å². The summed E-state index contributed by atoms with van der Waals surface area (Å²) in [5.41, 5.74) is 3.57. The van der Waals surface area contributed by atoms with Crippen LogP contribution < -0.4 is 10.6 Å². The lowest BCUT2D eigenvalue weighted by Gasteiger charge is -2.39. The number of para-hydroxylation sites is 1. The smallest absolute Gasteiger partial charge is 0.253 e. The topological polar surface area (TPSA) is 61.4 Å². The van der Waals surface area contributed by atoms with Gasteiger partial charge in [-0.25, -0.2) is 0 Å². The van der Waals surface area contributed by atoms with Crippen LogP contribution in [-0.2, 0) is 0 Å². The van der Waals surface area contributed by atoms with Gasteiger partial charge in [0.15, 0.2) is 0 Å². The minimum atomic E-state index is -0.106. The van der Waals surface area contributed by atoms with Gasteiger partial charge in [0.25, 0.3) is 5.91 Å². The van der Waals surface area contributed by atoms with E-state index in [1.165, 1.54) is 0 Å². The highest BCUT2D eigenvalue weighted by atomic mass is 16.3. The Balaban J connectivity index is 1.72. The molecule has 4 heteroatoms. The molecule has 3 N–H and O–H groups in total. The molecule has 1 aliphatic carbocycles. The number of aromatic hydroxyl groups is 1. The molecular formula is C24H22N2O2. The number of rotatable bonds is 2. The fraction of sp³-hybridized carbons (Fsp3) is 0.208. The third kappa shape index (κ3) is 2.41. The number of hydrogen-bond donors (Lipinski definition) is 3. The molecule has 3 aromatic carbocycles. The van der Waals surface area contributed by atoms with E-state index in [-0.39, 0.29) is 17.9 Å². The lowest BCUT2D eigenvalue weighted by molar-refractivity contribution is 0.0963. The van der Waals surface area contributed by atoms with Gasteiger partial charge in [0.2, 0.25) is 0 Å². The number of hydrogen-bond acceptors (Lipinski definition) is 3. The molecule has 3 aromatic rings. The number of anilines is 1. The van der Waals surface area contributed by atoms with Crippen molar-refractivity contribution < 1.29 is 9.90 Å². The Morgan fingerprint density at radius 3 is 2.82 bits per heavy atom. The monoisotopic (exact) mass is 370 g/mol. The number of allylic oxidation sites excluding steroid dienone is 2. The number of carbonyl (C=O) groups excluding carboxylic acids is 1. The Hall–Kier alpha value is -3.27. The van der Waals surface area contributed by atoms with Crippen molar-refractivity contribution in [3.05, 3.63) is 83.4 Å². The summed E-state index contributed by atoms with van der Waals surface area (Å²) in [6, 6.07) is 17.7. The van der Waals surface area contributed by atoms with E-state index in [9.17, 15) is 9.90 Å². The Bertz CT molecular complexity index is 1120. The maximum absolute atomic E-state index is 12.5. The van der Waals surface area contributed by atoms with E-state index in [2.05, 4.69) is 41.0 Å². The van der Waals surface area contributed by atoms with Gasteiger partial charge in [-0.2, -0.15) is 0 Å². The molecule has 5 rings (SSSR count). The highest BCUT2D eigenvalue weighted by Crippen LogP contribution is 2.52. The number of phenolic OH excluding ortho intramolecular Hbond substituents is 1. The molecule has 2 aliphatic rings. The Morgan fingerprint density at radius 2 is 1.96 bits per heavy atom. The molecule has 0 aromatic heterocycles. The third-order valence-corrected chi connectivity index (χ3v) is 6.13. The molecule has 0 fully saturated rings. The van der Waals surface area contributed by atoms with Crippen LogP contribution in [0.15, 0.2) is 66.7 Å². The van der Waals surface area contributed by atoms with Crippen LogP contribution in [0.3, 0.4) is 0 Å². The standard InChI is InChI=1S/C24H22N2O2/c1-25-24(28)19-11-5-9-17-16-8-4-10-18(16)23(26-22(17)19)21-15-7-3-2-6-14(15)12-13-20(21)27/h2-9,11-13,16,18,23,26-27H,10H2,1H3,(H,25,28). The highest BCUT2D eigenvalue weighted by Gasteiger charge is 2.40. The van der Waals surface area contributed by atoms with Gasteiger partial charge < -0.3 is 15.7 Å². The number of nitrogens with one attached hydrogen (secondary N) is 2. The fourth-order valence-electron chi connectivity index (χ4n) is 4.84. The maximum atomic E-state index is 12.5. The van der Waals surface area contributed by atoms with Gasteiger partial charge >= 0.3 is 0 Å². The summed E-state index contributed by atoms with van der Waals surface area (Å²) < 4.78 is 0. The number of amides is 1. The van der Waals surface area contributed by atoms with Crippen molar-refractivity contribution in [3.63, 3.8) is 0 Å². The minimum Gasteiger partial charge on any atom is -0.508 e. The van der Waals surface area contributed by atoms with Gasteiger partial charge in [-0.1, -0.05) is 54.6 Å². The summed E-state index contributed by atoms with van der Waals surface area (Å²) in [6.45, 7) is 0. The summed E-state index contributed by atoms with van der Waals surface area (Å²) >= 11 is 0. The molecular weight excluding hydrogens is 348 g/mol. The van der Waals surface area contributed by atoms with Crippen LogP contribution in [0, 0.1) is 5.92 Å². The molecule has 1 heterocycles. The van der Waals surface area contributed by atoms with Crippen LogP contribution in [0.25, 0.3) is 10.8 Å². The summed E-state index contributed by atoms with van der Waals surface area (Å²) in [5.74, 6) is 0.710. The number of benzene rings is 3. The molecule has 0 bridgehead atoms. The molecule has 0 spiro atoms. The molecule has 4 nitrogen and oxygen atoms in total. The SMILES string of the molecule is CNC(=O)c1cccc2c1NC(c1c(O)ccc3ccccc13)C1CC=CC21. The van der Waals surface area contributed by atoms with Crippen molar-refractivity contribution in [2.24, 2.45) is 5.92 Å². The first-order valence-electron chi connectivity index (χ1n) is 9.68. The van der Waals surface area contributed by atoms with Crippen LogP contribution in [-0.4, -0.2) is 18.1 Å². The van der Waals surface area contributed by atoms with Crippen molar-refractivity contribution in [1.82, 2.24) is 5.32 Å². The van der Waals surface area contributed by atoms with E-state index in [4.69, 9.17) is 0 Å². The molecule has 1 amide bonds. The molecule has 28 heavy (non-hydrogen) atoms. The summed E-state index contributed by atoms with van der Waals surface area (Å²) in [7, 11) is 1.65. The van der Waals surface area contributed by atoms with Gasteiger partial charge in [-0.05, 0) is 40.8 Å². The largest absolute Gasteiger partial charge is 0.508 e. The van der Waals surface area contributed by atoms with Gasteiger partial charge in [-0.15, -0.1) is 0 Å².